The summed E-state index contributed by atoms with van der Waals surface area (Å²) in [6, 6.07) is 3.79. The Morgan fingerprint density at radius 3 is 2.63 bits per heavy atom. The van der Waals surface area contributed by atoms with E-state index in [0.717, 1.165) is 18.9 Å². The van der Waals surface area contributed by atoms with Crippen LogP contribution in [0.1, 0.15) is 26.2 Å². The highest BCUT2D eigenvalue weighted by Crippen LogP contribution is 2.29. The van der Waals surface area contributed by atoms with Crippen molar-refractivity contribution in [3.63, 3.8) is 0 Å². The van der Waals surface area contributed by atoms with Crippen LogP contribution >= 0.6 is 0 Å². The molecule has 2 heterocycles. The van der Waals surface area contributed by atoms with Crippen LogP contribution in [-0.2, 0) is 4.79 Å². The highest BCUT2D eigenvalue weighted by atomic mass is 19.2. The first-order valence-corrected chi connectivity index (χ1v) is 9.27. The van der Waals surface area contributed by atoms with E-state index in [-0.39, 0.29) is 30.9 Å². The molecule has 2 atom stereocenters. The number of nitrogens with zero attached hydrogens (tertiary/aromatic N) is 2. The molecule has 0 radical (unpaired) electrons. The van der Waals surface area contributed by atoms with Crippen molar-refractivity contribution in [3.8, 4) is 5.75 Å². The van der Waals surface area contributed by atoms with Gasteiger partial charge < -0.3 is 19.8 Å². The predicted molar refractivity (Wildman–Crippen MR) is 94.3 cm³/mol. The van der Waals surface area contributed by atoms with Gasteiger partial charge in [-0.25, -0.2) is 4.39 Å². The van der Waals surface area contributed by atoms with Gasteiger partial charge in [-0.3, -0.25) is 9.69 Å². The fraction of sp³-hybridized carbons (Fsp3) is 0.632. The molecule has 8 heteroatoms. The van der Waals surface area contributed by atoms with E-state index in [1.54, 1.807) is 11.8 Å². The number of likely N-dealkylation sites (tertiary alicyclic amines) is 2. The van der Waals surface area contributed by atoms with Crippen LogP contribution in [0.5, 0.6) is 5.75 Å². The maximum Gasteiger partial charge on any atom is 0.219 e. The number of halogens is 2. The topological polar surface area (TPSA) is 73.2 Å². The summed E-state index contributed by atoms with van der Waals surface area (Å²) >= 11 is 0. The third kappa shape index (κ3) is 4.39. The lowest BCUT2D eigenvalue weighted by Gasteiger charge is -2.47. The van der Waals surface area contributed by atoms with Gasteiger partial charge in [-0.2, -0.15) is 4.39 Å². The highest BCUT2D eigenvalue weighted by Gasteiger charge is 2.44. The van der Waals surface area contributed by atoms with Gasteiger partial charge in [-0.15, -0.1) is 0 Å². The molecule has 6 nitrogen and oxygen atoms in total. The third-order valence-electron chi connectivity index (χ3n) is 5.61. The molecule has 1 aromatic rings. The number of aliphatic hydroxyl groups is 2. The van der Waals surface area contributed by atoms with Gasteiger partial charge in [0.05, 0.1) is 6.10 Å². The average molecular weight is 384 g/mol. The highest BCUT2D eigenvalue weighted by molar-refractivity contribution is 5.73. The summed E-state index contributed by atoms with van der Waals surface area (Å²) in [5.74, 6) is -2.37. The van der Waals surface area contributed by atoms with Crippen LogP contribution in [0.25, 0.3) is 0 Å². The standard InChI is InChI=1S/C19H26F2N2O4/c1-13(24)22-8-5-14(6-9-22)23-10-7-17(25)19(26,11-23)12-27-16-4-2-3-15(20)18(16)21/h2-4,14,17,25-26H,5-12H2,1H3/t17-,19-/m0/s1. The van der Waals surface area contributed by atoms with E-state index >= 15 is 0 Å². The minimum absolute atomic E-state index is 0.0598. The van der Waals surface area contributed by atoms with Gasteiger partial charge in [-0.1, -0.05) is 6.07 Å². The maximum atomic E-state index is 13.8. The number of amides is 1. The minimum atomic E-state index is -1.57. The Morgan fingerprint density at radius 2 is 1.96 bits per heavy atom. The lowest BCUT2D eigenvalue weighted by Crippen LogP contribution is -2.62. The first kappa shape index (κ1) is 20.0. The Kier molecular flexibility index (Phi) is 5.98. The number of piperidine rings is 2. The van der Waals surface area contributed by atoms with E-state index < -0.39 is 23.3 Å². The maximum absolute atomic E-state index is 13.8. The second kappa shape index (κ2) is 8.08. The lowest BCUT2D eigenvalue weighted by molar-refractivity contribution is -0.149. The largest absolute Gasteiger partial charge is 0.487 e. The van der Waals surface area contributed by atoms with Gasteiger partial charge in [-0.05, 0) is 31.4 Å². The summed E-state index contributed by atoms with van der Waals surface area (Å²) in [7, 11) is 0. The molecule has 0 saturated carbocycles. The Labute approximate surface area is 157 Å². The molecule has 3 rings (SSSR count). The van der Waals surface area contributed by atoms with E-state index in [4.69, 9.17) is 4.74 Å². The molecule has 0 aromatic heterocycles. The van der Waals surface area contributed by atoms with Crippen molar-refractivity contribution >= 4 is 5.91 Å². The molecule has 0 aliphatic carbocycles. The normalized spacial score (nSPS) is 27.6. The van der Waals surface area contributed by atoms with Crippen molar-refractivity contribution in [1.29, 1.82) is 0 Å². The predicted octanol–water partition coefficient (Wildman–Crippen LogP) is 1.15. The molecule has 0 unspecified atom stereocenters. The van der Waals surface area contributed by atoms with Crippen molar-refractivity contribution in [1.82, 2.24) is 9.80 Å². The van der Waals surface area contributed by atoms with Gasteiger partial charge in [0.1, 0.15) is 12.2 Å². The van der Waals surface area contributed by atoms with Crippen molar-refractivity contribution in [2.45, 2.75) is 43.9 Å². The van der Waals surface area contributed by atoms with Crippen LogP contribution in [0.4, 0.5) is 8.78 Å². The number of benzene rings is 1. The molecule has 0 bridgehead atoms. The van der Waals surface area contributed by atoms with Crippen LogP contribution in [0, 0.1) is 11.6 Å². The molecule has 2 aliphatic rings. The van der Waals surface area contributed by atoms with Gasteiger partial charge >= 0.3 is 0 Å². The zero-order valence-electron chi connectivity index (χ0n) is 15.4. The lowest BCUT2D eigenvalue weighted by atomic mass is 9.88. The second-order valence-corrected chi connectivity index (χ2v) is 7.46. The van der Waals surface area contributed by atoms with Crippen LogP contribution in [0.2, 0.25) is 0 Å². The van der Waals surface area contributed by atoms with Crippen LogP contribution < -0.4 is 4.74 Å². The monoisotopic (exact) mass is 384 g/mol. The molecule has 27 heavy (non-hydrogen) atoms. The summed E-state index contributed by atoms with van der Waals surface area (Å²) in [4.78, 5) is 15.4. The number of hydrogen-bond acceptors (Lipinski definition) is 5. The number of carbonyl (C=O) groups excluding carboxylic acids is 1. The number of carbonyl (C=O) groups is 1. The number of ether oxygens (including phenoxy) is 1. The number of aliphatic hydroxyl groups excluding tert-OH is 1. The van der Waals surface area contributed by atoms with E-state index in [1.807, 2.05) is 0 Å². The molecule has 2 fully saturated rings. The van der Waals surface area contributed by atoms with Crippen LogP contribution in [-0.4, -0.2) is 76.5 Å². The minimum Gasteiger partial charge on any atom is -0.487 e. The molecule has 0 spiro atoms. The summed E-state index contributed by atoms with van der Waals surface area (Å²) in [5, 5.41) is 21.2. The average Bonchev–Trinajstić information content (AvgIpc) is 2.65. The molecule has 1 aromatic carbocycles. The number of rotatable bonds is 4. The second-order valence-electron chi connectivity index (χ2n) is 7.46. The van der Waals surface area contributed by atoms with Gasteiger partial charge in [0.2, 0.25) is 11.7 Å². The Morgan fingerprint density at radius 1 is 1.26 bits per heavy atom. The molecule has 2 N–H and O–H groups in total. The smallest absolute Gasteiger partial charge is 0.219 e. The van der Waals surface area contributed by atoms with Crippen LogP contribution in [0.3, 0.4) is 0 Å². The van der Waals surface area contributed by atoms with Crippen molar-refractivity contribution < 1.29 is 28.5 Å². The molecular formula is C19H26F2N2O4. The Hall–Kier alpha value is -1.77. The van der Waals surface area contributed by atoms with E-state index in [9.17, 15) is 23.8 Å². The van der Waals surface area contributed by atoms with Gasteiger partial charge in [0.25, 0.3) is 0 Å². The SMILES string of the molecule is CC(=O)N1CCC(N2CC[C@H](O)[C@@](O)(COc3cccc(F)c3F)C2)CC1. The quantitative estimate of drug-likeness (QED) is 0.815. The Bertz CT molecular complexity index is 682. The number of β-amino-alcohol motifs (C(OH)–C–C–N with tert-alkyl or cyclic N) is 1. The summed E-state index contributed by atoms with van der Waals surface area (Å²) < 4.78 is 32.4. The van der Waals surface area contributed by atoms with E-state index in [1.165, 1.54) is 12.1 Å². The first-order valence-electron chi connectivity index (χ1n) is 9.27. The van der Waals surface area contributed by atoms with E-state index in [2.05, 4.69) is 4.90 Å². The van der Waals surface area contributed by atoms with Crippen molar-refractivity contribution in [2.24, 2.45) is 0 Å². The zero-order chi connectivity index (χ0) is 19.6. The molecule has 1 amide bonds. The molecule has 2 aliphatic heterocycles. The van der Waals surface area contributed by atoms with Gasteiger partial charge in [0.15, 0.2) is 11.6 Å². The zero-order valence-corrected chi connectivity index (χ0v) is 15.4. The van der Waals surface area contributed by atoms with Gasteiger partial charge in [0, 0.05) is 39.1 Å². The fourth-order valence-electron chi connectivity index (χ4n) is 3.89. The van der Waals surface area contributed by atoms with Crippen molar-refractivity contribution in [3.05, 3.63) is 29.8 Å². The Balaban J connectivity index is 1.62. The summed E-state index contributed by atoms with van der Waals surface area (Å²) in [6.45, 7) is 3.36. The fourth-order valence-corrected chi connectivity index (χ4v) is 3.89. The van der Waals surface area contributed by atoms with Crippen LogP contribution in [0.15, 0.2) is 18.2 Å². The van der Waals surface area contributed by atoms with Crippen molar-refractivity contribution in [2.75, 3.05) is 32.8 Å². The molecule has 2 saturated heterocycles. The van der Waals surface area contributed by atoms with E-state index in [0.29, 0.717) is 26.1 Å². The summed E-state index contributed by atoms with van der Waals surface area (Å²) in [5.41, 5.74) is -1.57. The first-order chi connectivity index (χ1) is 12.8. The number of hydrogen-bond donors (Lipinski definition) is 2. The molecular weight excluding hydrogens is 358 g/mol. The third-order valence-corrected chi connectivity index (χ3v) is 5.61. The summed E-state index contributed by atoms with van der Waals surface area (Å²) in [6.07, 6.45) is 0.942. The molecule has 150 valence electrons.